The first kappa shape index (κ1) is 12.3. The molecule has 0 spiro atoms. The minimum Gasteiger partial charge on any atom is -0.467 e. The molecule has 90 valence electrons. The number of hydrogen-bond donors (Lipinski definition) is 1. The van der Waals surface area contributed by atoms with Gasteiger partial charge in [-0.15, -0.1) is 0 Å². The third-order valence-corrected chi connectivity index (χ3v) is 3.08. The molecule has 1 atom stereocenters. The number of benzene rings is 1. The molecular weight excluding hydrogens is 232 g/mol. The molecule has 0 aliphatic carbocycles. The van der Waals surface area contributed by atoms with Gasteiger partial charge in [-0.25, -0.2) is 0 Å². The molecule has 0 saturated heterocycles. The molecule has 0 amide bonds. The predicted molar refractivity (Wildman–Crippen MR) is 71.4 cm³/mol. The van der Waals surface area contributed by atoms with Gasteiger partial charge < -0.3 is 9.15 Å². The van der Waals surface area contributed by atoms with Gasteiger partial charge in [-0.05, 0) is 23.4 Å². The van der Waals surface area contributed by atoms with Gasteiger partial charge in [0.15, 0.2) is 0 Å². The highest BCUT2D eigenvalue weighted by atomic mass is 32.1. The standard InChI is InChI=1S/C14H16O2S/c17-11-13(12-5-2-1-3-6-12)9-15-10-14-7-4-8-16-14/h1-8,13,17H,9-11H2. The highest BCUT2D eigenvalue weighted by molar-refractivity contribution is 7.80. The summed E-state index contributed by atoms with van der Waals surface area (Å²) >= 11 is 4.37. The lowest BCUT2D eigenvalue weighted by Crippen LogP contribution is -2.09. The van der Waals surface area contributed by atoms with Crippen molar-refractivity contribution in [3.8, 4) is 0 Å². The van der Waals surface area contributed by atoms with Crippen molar-refractivity contribution in [2.75, 3.05) is 12.4 Å². The maximum Gasteiger partial charge on any atom is 0.129 e. The lowest BCUT2D eigenvalue weighted by Gasteiger charge is -2.14. The number of rotatable bonds is 6. The predicted octanol–water partition coefficient (Wildman–Crippen LogP) is 3.51. The molecule has 17 heavy (non-hydrogen) atoms. The Balaban J connectivity index is 1.84. The van der Waals surface area contributed by atoms with E-state index in [0.29, 0.717) is 19.1 Å². The highest BCUT2D eigenvalue weighted by Gasteiger charge is 2.09. The zero-order valence-electron chi connectivity index (χ0n) is 9.58. The smallest absolute Gasteiger partial charge is 0.129 e. The van der Waals surface area contributed by atoms with Crippen molar-refractivity contribution >= 4 is 12.6 Å². The van der Waals surface area contributed by atoms with Crippen LogP contribution in [-0.4, -0.2) is 12.4 Å². The third kappa shape index (κ3) is 3.65. The number of ether oxygens (including phenoxy) is 1. The zero-order chi connectivity index (χ0) is 11.9. The fourth-order valence-electron chi connectivity index (χ4n) is 1.68. The van der Waals surface area contributed by atoms with Crippen molar-refractivity contribution in [3.63, 3.8) is 0 Å². The van der Waals surface area contributed by atoms with Crippen LogP contribution in [0.3, 0.4) is 0 Å². The minimum absolute atomic E-state index is 0.328. The average molecular weight is 248 g/mol. The second-order valence-electron chi connectivity index (χ2n) is 3.88. The third-order valence-electron chi connectivity index (χ3n) is 2.63. The van der Waals surface area contributed by atoms with Crippen LogP contribution in [0, 0.1) is 0 Å². The van der Waals surface area contributed by atoms with Gasteiger partial charge in [-0.1, -0.05) is 30.3 Å². The van der Waals surface area contributed by atoms with E-state index in [1.165, 1.54) is 5.56 Å². The van der Waals surface area contributed by atoms with Crippen molar-refractivity contribution in [1.82, 2.24) is 0 Å². The Bertz CT molecular complexity index is 411. The van der Waals surface area contributed by atoms with Crippen molar-refractivity contribution < 1.29 is 9.15 Å². The Morgan fingerprint density at radius 2 is 1.94 bits per heavy atom. The number of hydrogen-bond acceptors (Lipinski definition) is 3. The van der Waals surface area contributed by atoms with Crippen LogP contribution in [0.4, 0.5) is 0 Å². The summed E-state index contributed by atoms with van der Waals surface area (Å²) in [6.45, 7) is 1.18. The Morgan fingerprint density at radius 1 is 1.12 bits per heavy atom. The summed E-state index contributed by atoms with van der Waals surface area (Å²) in [6, 6.07) is 14.1. The van der Waals surface area contributed by atoms with Gasteiger partial charge in [0.1, 0.15) is 12.4 Å². The molecule has 0 bridgehead atoms. The van der Waals surface area contributed by atoms with Gasteiger partial charge in [0.25, 0.3) is 0 Å². The van der Waals surface area contributed by atoms with Gasteiger partial charge in [0, 0.05) is 5.92 Å². The summed E-state index contributed by atoms with van der Waals surface area (Å²) in [5.74, 6) is 1.97. The Kier molecular flexibility index (Phi) is 4.71. The molecule has 0 saturated carbocycles. The zero-order valence-corrected chi connectivity index (χ0v) is 10.5. The van der Waals surface area contributed by atoms with E-state index in [2.05, 4.69) is 24.8 Å². The van der Waals surface area contributed by atoms with E-state index in [-0.39, 0.29) is 0 Å². The first-order chi connectivity index (χ1) is 8.40. The molecule has 2 rings (SSSR count). The summed E-state index contributed by atoms with van der Waals surface area (Å²) in [7, 11) is 0. The fraction of sp³-hybridized carbons (Fsp3) is 0.286. The molecule has 0 radical (unpaired) electrons. The largest absolute Gasteiger partial charge is 0.467 e. The van der Waals surface area contributed by atoms with Crippen LogP contribution in [0.1, 0.15) is 17.2 Å². The van der Waals surface area contributed by atoms with E-state index in [4.69, 9.17) is 9.15 Å². The molecule has 2 aromatic rings. The first-order valence-electron chi connectivity index (χ1n) is 5.66. The molecule has 1 aromatic heterocycles. The maximum atomic E-state index is 5.64. The molecule has 0 aliphatic rings. The van der Waals surface area contributed by atoms with Crippen LogP contribution in [0.5, 0.6) is 0 Å². The van der Waals surface area contributed by atoms with Crippen LogP contribution in [0.25, 0.3) is 0 Å². The van der Waals surface area contributed by atoms with Gasteiger partial charge in [0.05, 0.1) is 12.9 Å². The van der Waals surface area contributed by atoms with Gasteiger partial charge in [-0.3, -0.25) is 0 Å². The van der Waals surface area contributed by atoms with Gasteiger partial charge in [-0.2, -0.15) is 12.6 Å². The summed E-state index contributed by atoms with van der Waals surface area (Å²) in [6.07, 6.45) is 1.66. The van der Waals surface area contributed by atoms with Crippen molar-refractivity contribution in [3.05, 3.63) is 60.1 Å². The molecular formula is C14H16O2S. The second-order valence-corrected chi connectivity index (χ2v) is 4.25. The van der Waals surface area contributed by atoms with Crippen molar-refractivity contribution in [2.45, 2.75) is 12.5 Å². The first-order valence-corrected chi connectivity index (χ1v) is 6.29. The molecule has 0 aliphatic heterocycles. The van der Waals surface area contributed by atoms with E-state index in [1.54, 1.807) is 6.26 Å². The van der Waals surface area contributed by atoms with Gasteiger partial charge >= 0.3 is 0 Å². The Hall–Kier alpha value is -1.19. The molecule has 0 N–H and O–H groups in total. The topological polar surface area (TPSA) is 22.4 Å². The van der Waals surface area contributed by atoms with Crippen LogP contribution in [0.2, 0.25) is 0 Å². The van der Waals surface area contributed by atoms with Crippen molar-refractivity contribution in [1.29, 1.82) is 0 Å². The summed E-state index contributed by atoms with van der Waals surface area (Å²) < 4.78 is 10.9. The van der Waals surface area contributed by atoms with Crippen LogP contribution in [-0.2, 0) is 11.3 Å². The SMILES string of the molecule is SCC(COCc1ccco1)c1ccccc1. The average Bonchev–Trinajstić information content (AvgIpc) is 2.89. The molecule has 1 unspecified atom stereocenters. The molecule has 2 nitrogen and oxygen atoms in total. The maximum absolute atomic E-state index is 5.64. The Morgan fingerprint density at radius 3 is 2.59 bits per heavy atom. The monoisotopic (exact) mass is 248 g/mol. The highest BCUT2D eigenvalue weighted by Crippen LogP contribution is 2.18. The van der Waals surface area contributed by atoms with E-state index < -0.39 is 0 Å². The number of furan rings is 1. The lowest BCUT2D eigenvalue weighted by molar-refractivity contribution is 0.0974. The van der Waals surface area contributed by atoms with E-state index in [9.17, 15) is 0 Å². The summed E-state index contributed by atoms with van der Waals surface area (Å²) in [4.78, 5) is 0. The fourth-order valence-corrected chi connectivity index (χ4v) is 1.99. The van der Waals surface area contributed by atoms with Crippen molar-refractivity contribution in [2.24, 2.45) is 0 Å². The van der Waals surface area contributed by atoms with Gasteiger partial charge in [0.2, 0.25) is 0 Å². The normalized spacial score (nSPS) is 12.5. The number of thiol groups is 1. The van der Waals surface area contributed by atoms with E-state index in [1.807, 2.05) is 30.3 Å². The molecule has 0 fully saturated rings. The quantitative estimate of drug-likeness (QED) is 0.790. The molecule has 3 heteroatoms. The minimum atomic E-state index is 0.328. The second kappa shape index (κ2) is 6.52. The summed E-state index contributed by atoms with van der Waals surface area (Å²) in [5.41, 5.74) is 1.27. The van der Waals surface area contributed by atoms with E-state index in [0.717, 1.165) is 11.5 Å². The van der Waals surface area contributed by atoms with Crippen LogP contribution >= 0.6 is 12.6 Å². The van der Waals surface area contributed by atoms with E-state index >= 15 is 0 Å². The van der Waals surface area contributed by atoms with Crippen LogP contribution < -0.4 is 0 Å². The molecule has 1 heterocycles. The lowest BCUT2D eigenvalue weighted by atomic mass is 10.0. The Labute approximate surface area is 107 Å². The molecule has 1 aromatic carbocycles. The van der Waals surface area contributed by atoms with Crippen LogP contribution in [0.15, 0.2) is 53.1 Å². The summed E-state index contributed by atoms with van der Waals surface area (Å²) in [5, 5.41) is 0.